The molecule has 0 saturated heterocycles. The van der Waals surface area contributed by atoms with E-state index < -0.39 is 28.5 Å². The van der Waals surface area contributed by atoms with Gasteiger partial charge in [0, 0.05) is 18.1 Å². The van der Waals surface area contributed by atoms with Gasteiger partial charge in [-0.2, -0.15) is 0 Å². The molecule has 1 atom stereocenters. The molecular weight excluding hydrogens is 562 g/mol. The fourth-order valence-electron chi connectivity index (χ4n) is 4.06. The number of halogens is 1. The van der Waals surface area contributed by atoms with Crippen LogP contribution in [0.5, 0.6) is 5.75 Å². The van der Waals surface area contributed by atoms with Crippen molar-refractivity contribution in [1.29, 1.82) is 0 Å². The Morgan fingerprint density at radius 2 is 1.54 bits per heavy atom. The highest BCUT2D eigenvalue weighted by molar-refractivity contribution is 7.92. The third kappa shape index (κ3) is 8.71. The van der Waals surface area contributed by atoms with Gasteiger partial charge in [0.2, 0.25) is 11.8 Å². The van der Waals surface area contributed by atoms with Crippen LogP contribution in [0.15, 0.2) is 77.7 Å². The highest BCUT2D eigenvalue weighted by Crippen LogP contribution is 2.27. The van der Waals surface area contributed by atoms with E-state index in [4.69, 9.17) is 16.3 Å². The summed E-state index contributed by atoms with van der Waals surface area (Å²) in [5, 5.41) is 3.42. The van der Waals surface area contributed by atoms with Gasteiger partial charge in [-0.3, -0.25) is 13.9 Å². The van der Waals surface area contributed by atoms with Gasteiger partial charge >= 0.3 is 0 Å². The molecule has 3 rings (SSSR count). The molecule has 0 spiro atoms. The van der Waals surface area contributed by atoms with E-state index in [1.165, 1.54) is 17.0 Å². The van der Waals surface area contributed by atoms with Gasteiger partial charge in [0.15, 0.2) is 0 Å². The number of anilines is 1. The Kier molecular flexibility index (Phi) is 11.2. The van der Waals surface area contributed by atoms with Gasteiger partial charge in [-0.1, -0.05) is 55.3 Å². The Balaban J connectivity index is 2.01. The lowest BCUT2D eigenvalue weighted by molar-refractivity contribution is -0.139. The minimum atomic E-state index is -4.14. The summed E-state index contributed by atoms with van der Waals surface area (Å²) < 4.78 is 34.4. The van der Waals surface area contributed by atoms with E-state index in [9.17, 15) is 18.0 Å². The summed E-state index contributed by atoms with van der Waals surface area (Å²) >= 11 is 6.05. The number of hydrogen-bond acceptors (Lipinski definition) is 5. The molecule has 2 amide bonds. The molecule has 0 aliphatic rings. The first-order chi connectivity index (χ1) is 19.4. The standard InChI is InChI=1S/C31H38ClN3O5S/c1-6-40-28-15-13-27(14-16-28)35(41(38,39)29-17-7-23(4)8-18-29)21-30(36)34(20-25-9-11-26(32)12-10-25)24(5)31(37)33-19-22(2)3/h7-18,22,24H,6,19-21H2,1-5H3,(H,33,37). The van der Waals surface area contributed by atoms with Crippen molar-refractivity contribution in [3.63, 3.8) is 0 Å². The van der Waals surface area contributed by atoms with Crippen molar-refractivity contribution in [2.45, 2.75) is 52.1 Å². The second-order valence-electron chi connectivity index (χ2n) is 10.2. The quantitative estimate of drug-likeness (QED) is 0.283. The van der Waals surface area contributed by atoms with E-state index in [2.05, 4.69) is 5.32 Å². The maximum atomic E-state index is 14.0. The molecule has 0 aromatic heterocycles. The third-order valence-corrected chi connectivity index (χ3v) is 8.48. The summed E-state index contributed by atoms with van der Waals surface area (Å²) in [6.07, 6.45) is 0. The Hall–Kier alpha value is -3.56. The fraction of sp³-hybridized carbons (Fsp3) is 0.355. The van der Waals surface area contributed by atoms with Crippen LogP contribution in [0.25, 0.3) is 0 Å². The van der Waals surface area contributed by atoms with E-state index in [0.29, 0.717) is 29.6 Å². The first-order valence-electron chi connectivity index (χ1n) is 13.6. The molecule has 0 bridgehead atoms. The molecule has 0 fully saturated rings. The topological polar surface area (TPSA) is 96.0 Å². The molecule has 1 unspecified atom stereocenters. The summed E-state index contributed by atoms with van der Waals surface area (Å²) in [7, 11) is -4.14. The summed E-state index contributed by atoms with van der Waals surface area (Å²) in [6, 6.07) is 19.1. The molecule has 0 heterocycles. The van der Waals surface area contributed by atoms with Crippen LogP contribution in [0.1, 0.15) is 38.8 Å². The number of carbonyl (C=O) groups excluding carboxylic acids is 2. The molecule has 3 aromatic carbocycles. The number of aryl methyl sites for hydroxylation is 1. The number of amides is 2. The number of ether oxygens (including phenoxy) is 1. The van der Waals surface area contributed by atoms with Gasteiger partial charge < -0.3 is 15.0 Å². The lowest BCUT2D eigenvalue weighted by Gasteiger charge is -2.32. The first-order valence-corrected chi connectivity index (χ1v) is 15.4. The van der Waals surface area contributed by atoms with Crippen molar-refractivity contribution in [1.82, 2.24) is 10.2 Å². The molecule has 0 aliphatic carbocycles. The van der Waals surface area contributed by atoms with Gasteiger partial charge in [-0.15, -0.1) is 0 Å². The van der Waals surface area contributed by atoms with Crippen molar-refractivity contribution in [3.8, 4) is 5.75 Å². The molecule has 0 aliphatic heterocycles. The Morgan fingerprint density at radius 1 is 0.927 bits per heavy atom. The van der Waals surface area contributed by atoms with Crippen molar-refractivity contribution in [2.75, 3.05) is 24.0 Å². The van der Waals surface area contributed by atoms with Crippen LogP contribution in [0.4, 0.5) is 5.69 Å². The van der Waals surface area contributed by atoms with Crippen LogP contribution in [0.2, 0.25) is 5.02 Å². The summed E-state index contributed by atoms with van der Waals surface area (Å²) in [5.41, 5.74) is 1.95. The Morgan fingerprint density at radius 3 is 2.10 bits per heavy atom. The number of sulfonamides is 1. The number of carbonyl (C=O) groups is 2. The molecule has 220 valence electrons. The lowest BCUT2D eigenvalue weighted by Crippen LogP contribution is -2.51. The van der Waals surface area contributed by atoms with Crippen LogP contribution in [-0.2, 0) is 26.2 Å². The lowest BCUT2D eigenvalue weighted by atomic mass is 10.1. The predicted molar refractivity (Wildman–Crippen MR) is 163 cm³/mol. The Labute approximate surface area is 248 Å². The van der Waals surface area contributed by atoms with Crippen molar-refractivity contribution in [3.05, 3.63) is 88.9 Å². The van der Waals surface area contributed by atoms with Crippen LogP contribution in [-0.4, -0.2) is 50.9 Å². The Bertz CT molecular complexity index is 1410. The van der Waals surface area contributed by atoms with E-state index in [1.54, 1.807) is 67.6 Å². The maximum Gasteiger partial charge on any atom is 0.264 e. The minimum Gasteiger partial charge on any atom is -0.494 e. The first kappa shape index (κ1) is 32.0. The predicted octanol–water partition coefficient (Wildman–Crippen LogP) is 5.43. The molecule has 1 N–H and O–H groups in total. The molecule has 8 nitrogen and oxygen atoms in total. The van der Waals surface area contributed by atoms with E-state index in [0.717, 1.165) is 15.4 Å². The van der Waals surface area contributed by atoms with Gasteiger partial charge in [-0.25, -0.2) is 8.42 Å². The molecule has 0 radical (unpaired) electrons. The SMILES string of the molecule is CCOc1ccc(N(CC(=O)N(Cc2ccc(Cl)cc2)C(C)C(=O)NCC(C)C)S(=O)(=O)c2ccc(C)cc2)cc1. The zero-order valence-corrected chi connectivity index (χ0v) is 25.7. The number of hydrogen-bond donors (Lipinski definition) is 1. The number of rotatable bonds is 13. The molecule has 0 saturated carbocycles. The summed E-state index contributed by atoms with van der Waals surface area (Å²) in [4.78, 5) is 28.5. The fourth-order valence-corrected chi connectivity index (χ4v) is 5.60. The maximum absolute atomic E-state index is 14.0. The van der Waals surface area contributed by atoms with Crippen molar-refractivity contribution >= 4 is 39.1 Å². The number of nitrogens with one attached hydrogen (secondary N) is 1. The highest BCUT2D eigenvalue weighted by Gasteiger charge is 2.32. The van der Waals surface area contributed by atoms with Gasteiger partial charge in [0.1, 0.15) is 18.3 Å². The van der Waals surface area contributed by atoms with Crippen LogP contribution < -0.4 is 14.4 Å². The summed E-state index contributed by atoms with van der Waals surface area (Å²) in [6.45, 7) is 9.80. The zero-order chi connectivity index (χ0) is 30.2. The average Bonchev–Trinajstić information content (AvgIpc) is 2.94. The van der Waals surface area contributed by atoms with Crippen molar-refractivity contribution < 1.29 is 22.7 Å². The largest absolute Gasteiger partial charge is 0.494 e. The third-order valence-electron chi connectivity index (χ3n) is 6.44. The van der Waals surface area contributed by atoms with Gasteiger partial charge in [-0.05, 0) is 80.8 Å². The smallest absolute Gasteiger partial charge is 0.264 e. The number of nitrogens with zero attached hydrogens (tertiary/aromatic N) is 2. The molecule has 10 heteroatoms. The second kappa shape index (κ2) is 14.4. The van der Waals surface area contributed by atoms with E-state index in [-0.39, 0.29) is 23.3 Å². The molecule has 41 heavy (non-hydrogen) atoms. The minimum absolute atomic E-state index is 0.0526. The second-order valence-corrected chi connectivity index (χ2v) is 12.5. The van der Waals surface area contributed by atoms with Crippen LogP contribution >= 0.6 is 11.6 Å². The van der Waals surface area contributed by atoms with Gasteiger partial charge in [0.25, 0.3) is 10.0 Å². The molecule has 3 aromatic rings. The highest BCUT2D eigenvalue weighted by atomic mass is 35.5. The van der Waals surface area contributed by atoms with Gasteiger partial charge in [0.05, 0.1) is 17.2 Å². The van der Waals surface area contributed by atoms with E-state index in [1.807, 2.05) is 27.7 Å². The van der Waals surface area contributed by atoms with E-state index >= 15 is 0 Å². The normalized spacial score (nSPS) is 12.1. The van der Waals surface area contributed by atoms with Crippen LogP contribution in [0, 0.1) is 12.8 Å². The number of benzene rings is 3. The monoisotopic (exact) mass is 599 g/mol. The van der Waals surface area contributed by atoms with Crippen molar-refractivity contribution in [2.24, 2.45) is 5.92 Å². The average molecular weight is 600 g/mol. The zero-order valence-electron chi connectivity index (χ0n) is 24.1. The van der Waals surface area contributed by atoms with Crippen LogP contribution in [0.3, 0.4) is 0 Å². The summed E-state index contributed by atoms with van der Waals surface area (Å²) in [5.74, 6) is -0.0526. The molecular formula is C31H38ClN3O5S.